The zero-order chi connectivity index (χ0) is 24.0. The molecule has 10 heteroatoms. The number of alkyl halides is 3. The van der Waals surface area contributed by atoms with E-state index in [9.17, 15) is 18.0 Å². The van der Waals surface area contributed by atoms with E-state index in [4.69, 9.17) is 15.2 Å². The third-order valence-corrected chi connectivity index (χ3v) is 6.10. The molecule has 0 bridgehead atoms. The number of fused-ring (bicyclic) bond motifs is 3. The van der Waals surface area contributed by atoms with Gasteiger partial charge in [0.1, 0.15) is 11.6 Å². The van der Waals surface area contributed by atoms with E-state index >= 15 is 0 Å². The first-order valence-electron chi connectivity index (χ1n) is 10.8. The molecule has 2 aromatic carbocycles. The number of halogens is 3. The highest BCUT2D eigenvalue weighted by molar-refractivity contribution is 5.99. The number of carbonyl (C=O) groups excluding carboxylic acids is 1. The normalized spacial score (nSPS) is 20.4. The molecule has 5 rings (SSSR count). The highest BCUT2D eigenvalue weighted by Gasteiger charge is 2.34. The maximum Gasteiger partial charge on any atom is 0.573 e. The first-order chi connectivity index (χ1) is 16.2. The predicted octanol–water partition coefficient (Wildman–Crippen LogP) is 4.35. The molecule has 2 aliphatic rings. The lowest BCUT2D eigenvalue weighted by molar-refractivity contribution is -0.274. The summed E-state index contributed by atoms with van der Waals surface area (Å²) in [7, 11) is 0. The molecule has 7 nitrogen and oxygen atoms in total. The number of pyridine rings is 1. The van der Waals surface area contributed by atoms with Gasteiger partial charge in [-0.15, -0.1) is 13.2 Å². The zero-order valence-corrected chi connectivity index (χ0v) is 18.3. The molecule has 2 N–H and O–H groups in total. The Kier molecular flexibility index (Phi) is 5.57. The van der Waals surface area contributed by atoms with Crippen molar-refractivity contribution >= 4 is 22.6 Å². The monoisotopic (exact) mass is 473 g/mol. The van der Waals surface area contributed by atoms with Crippen molar-refractivity contribution < 1.29 is 32.2 Å². The summed E-state index contributed by atoms with van der Waals surface area (Å²) in [4.78, 5) is 19.7. The van der Waals surface area contributed by atoms with Crippen molar-refractivity contribution in [3.63, 3.8) is 0 Å². The Morgan fingerprint density at radius 3 is 2.62 bits per heavy atom. The minimum Gasteiger partial charge on any atom is -0.406 e. The number of nitrogens with two attached hydrogens (primary N) is 1. The quantitative estimate of drug-likeness (QED) is 0.609. The van der Waals surface area contributed by atoms with Gasteiger partial charge >= 0.3 is 6.36 Å². The summed E-state index contributed by atoms with van der Waals surface area (Å²) in [5.74, 6) is -0.0992. The fraction of sp³-hybridized carbons (Fsp3) is 0.333. The van der Waals surface area contributed by atoms with Crippen LogP contribution in [0.3, 0.4) is 0 Å². The molecule has 1 aromatic heterocycles. The third kappa shape index (κ3) is 4.26. The SMILES string of the molecule is C[C@H]1CN(C(=O)c2ccc3nc(N)c4c(c3c2)COC4)[C@@H](c2ccc(OC(F)(F)F)cc2)CO1. The Labute approximate surface area is 193 Å². The van der Waals surface area contributed by atoms with Crippen molar-refractivity contribution in [2.45, 2.75) is 38.6 Å². The van der Waals surface area contributed by atoms with E-state index in [1.807, 2.05) is 6.92 Å². The lowest BCUT2D eigenvalue weighted by Crippen LogP contribution is -2.46. The number of rotatable bonds is 3. The van der Waals surface area contributed by atoms with Crippen LogP contribution < -0.4 is 10.5 Å². The third-order valence-electron chi connectivity index (χ3n) is 6.10. The van der Waals surface area contributed by atoms with Crippen LogP contribution in [0.15, 0.2) is 42.5 Å². The van der Waals surface area contributed by atoms with Crippen LogP contribution in [0.5, 0.6) is 5.75 Å². The standard InChI is InChI=1S/C24H22F3N3O4/c1-13-9-30(21(12-33-13)14-2-5-16(6-3-14)34-24(25,26)27)23(31)15-4-7-20-17(8-15)18-10-32-11-19(18)22(28)29-20/h2-8,13,21H,9-12H2,1H3,(H2,28,29)/t13-,21+/m0/s1. The fourth-order valence-electron chi connectivity index (χ4n) is 4.46. The van der Waals surface area contributed by atoms with Crippen molar-refractivity contribution in [3.05, 3.63) is 64.7 Å². The van der Waals surface area contributed by atoms with Crippen LogP contribution in [0, 0.1) is 0 Å². The maximum absolute atomic E-state index is 13.6. The van der Waals surface area contributed by atoms with Gasteiger partial charge < -0.3 is 24.8 Å². The molecule has 2 atom stereocenters. The molecule has 0 aliphatic carbocycles. The van der Waals surface area contributed by atoms with Crippen LogP contribution in [0.25, 0.3) is 10.9 Å². The van der Waals surface area contributed by atoms with E-state index < -0.39 is 12.4 Å². The number of ether oxygens (including phenoxy) is 3. The van der Waals surface area contributed by atoms with Gasteiger partial charge in [0.05, 0.1) is 37.5 Å². The van der Waals surface area contributed by atoms with E-state index in [-0.39, 0.29) is 24.4 Å². The van der Waals surface area contributed by atoms with Crippen molar-refractivity contribution in [1.29, 1.82) is 0 Å². The van der Waals surface area contributed by atoms with Gasteiger partial charge in [0.15, 0.2) is 0 Å². The summed E-state index contributed by atoms with van der Waals surface area (Å²) < 4.78 is 52.8. The average Bonchev–Trinajstić information content (AvgIpc) is 3.29. The molecule has 1 fully saturated rings. The first kappa shape index (κ1) is 22.4. The van der Waals surface area contributed by atoms with Crippen molar-refractivity contribution in [3.8, 4) is 5.75 Å². The Morgan fingerprint density at radius 1 is 1.15 bits per heavy atom. The Bertz CT molecular complexity index is 1250. The molecule has 34 heavy (non-hydrogen) atoms. The van der Waals surface area contributed by atoms with Crippen LogP contribution in [0.2, 0.25) is 0 Å². The van der Waals surface area contributed by atoms with Crippen LogP contribution in [-0.4, -0.2) is 41.4 Å². The Hall–Kier alpha value is -3.37. The molecule has 0 unspecified atom stereocenters. The molecule has 1 saturated heterocycles. The molecule has 0 radical (unpaired) electrons. The van der Waals surface area contributed by atoms with Crippen LogP contribution in [-0.2, 0) is 22.7 Å². The number of hydrogen-bond donors (Lipinski definition) is 1. The van der Waals surface area contributed by atoms with Crippen molar-refractivity contribution in [2.75, 3.05) is 18.9 Å². The second-order valence-electron chi connectivity index (χ2n) is 8.41. The molecule has 3 heterocycles. The van der Waals surface area contributed by atoms with Gasteiger partial charge in [-0.1, -0.05) is 12.1 Å². The Morgan fingerprint density at radius 2 is 1.88 bits per heavy atom. The fourth-order valence-corrected chi connectivity index (χ4v) is 4.46. The second-order valence-corrected chi connectivity index (χ2v) is 8.41. The lowest BCUT2D eigenvalue weighted by atomic mass is 9.99. The summed E-state index contributed by atoms with van der Waals surface area (Å²) >= 11 is 0. The number of anilines is 1. The van der Waals surface area contributed by atoms with E-state index in [1.54, 1.807) is 23.1 Å². The number of morpholine rings is 1. The molecule has 2 aliphatic heterocycles. The minimum atomic E-state index is -4.77. The lowest BCUT2D eigenvalue weighted by Gasteiger charge is -2.39. The van der Waals surface area contributed by atoms with Crippen LogP contribution >= 0.6 is 0 Å². The number of amides is 1. The van der Waals surface area contributed by atoms with E-state index in [0.29, 0.717) is 42.2 Å². The number of carbonyl (C=O) groups is 1. The maximum atomic E-state index is 13.6. The minimum absolute atomic E-state index is 0.187. The highest BCUT2D eigenvalue weighted by atomic mass is 19.4. The average molecular weight is 473 g/mol. The molecule has 0 spiro atoms. The Balaban J connectivity index is 1.46. The second kappa shape index (κ2) is 8.44. The predicted molar refractivity (Wildman–Crippen MR) is 117 cm³/mol. The van der Waals surface area contributed by atoms with Gasteiger partial charge in [-0.2, -0.15) is 0 Å². The number of nitrogen functional groups attached to an aromatic ring is 1. The van der Waals surface area contributed by atoms with Crippen molar-refractivity contribution in [2.24, 2.45) is 0 Å². The van der Waals surface area contributed by atoms with Crippen LogP contribution in [0.1, 0.15) is 40.0 Å². The van der Waals surface area contributed by atoms with E-state index in [2.05, 4.69) is 9.72 Å². The van der Waals surface area contributed by atoms with Gasteiger partial charge in [0.2, 0.25) is 0 Å². The zero-order valence-electron chi connectivity index (χ0n) is 18.3. The molecule has 178 valence electrons. The smallest absolute Gasteiger partial charge is 0.406 e. The topological polar surface area (TPSA) is 86.9 Å². The van der Waals surface area contributed by atoms with Gasteiger partial charge in [0, 0.05) is 23.1 Å². The first-order valence-corrected chi connectivity index (χ1v) is 10.8. The van der Waals surface area contributed by atoms with Crippen LogP contribution in [0.4, 0.5) is 19.0 Å². The summed E-state index contributed by atoms with van der Waals surface area (Å²) in [6, 6.07) is 10.3. The van der Waals surface area contributed by atoms with Crippen molar-refractivity contribution in [1.82, 2.24) is 9.88 Å². The highest BCUT2D eigenvalue weighted by Crippen LogP contribution is 2.34. The number of nitrogens with zero attached hydrogens (tertiary/aromatic N) is 2. The summed E-state index contributed by atoms with van der Waals surface area (Å²) in [5, 5.41) is 0.819. The largest absolute Gasteiger partial charge is 0.573 e. The number of benzene rings is 2. The summed E-state index contributed by atoms with van der Waals surface area (Å²) in [5.41, 5.74) is 9.64. The van der Waals surface area contributed by atoms with E-state index in [1.165, 1.54) is 24.3 Å². The number of aromatic nitrogens is 1. The van der Waals surface area contributed by atoms with Gasteiger partial charge in [-0.25, -0.2) is 4.98 Å². The molecule has 1 amide bonds. The van der Waals surface area contributed by atoms with Gasteiger partial charge in [0.25, 0.3) is 5.91 Å². The summed E-state index contributed by atoms with van der Waals surface area (Å²) in [6.45, 7) is 3.22. The molecular weight excluding hydrogens is 451 g/mol. The molecule has 0 saturated carbocycles. The van der Waals surface area contributed by atoms with Gasteiger partial charge in [-0.05, 0) is 48.4 Å². The van der Waals surface area contributed by atoms with E-state index in [0.717, 1.165) is 16.5 Å². The van der Waals surface area contributed by atoms with Gasteiger partial charge in [-0.3, -0.25) is 4.79 Å². The summed E-state index contributed by atoms with van der Waals surface area (Å²) in [6.07, 6.45) is -4.96. The molecular formula is C24H22F3N3O4. The number of hydrogen-bond acceptors (Lipinski definition) is 6. The molecule has 3 aromatic rings.